The smallest absolute Gasteiger partial charge is 0.189 e. The molecule has 1 aliphatic rings. The summed E-state index contributed by atoms with van der Waals surface area (Å²) in [4.78, 5) is 11.3. The first kappa shape index (κ1) is 15.3. The Hall–Kier alpha value is -1.07. The Kier molecular flexibility index (Phi) is 5.43. The third-order valence-corrected chi connectivity index (χ3v) is 4.24. The van der Waals surface area contributed by atoms with Crippen molar-refractivity contribution in [2.75, 3.05) is 13.3 Å². The molecular formula is C15H20FNO2S. The van der Waals surface area contributed by atoms with Crippen molar-refractivity contribution in [1.29, 1.82) is 0 Å². The first-order valence-electron chi connectivity index (χ1n) is 6.81. The average Bonchev–Trinajstić information content (AvgIpc) is 2.39. The van der Waals surface area contributed by atoms with Gasteiger partial charge in [0.1, 0.15) is 17.7 Å². The minimum Gasteiger partial charge on any atom is -0.490 e. The lowest BCUT2D eigenvalue weighted by Gasteiger charge is -2.35. The lowest BCUT2D eigenvalue weighted by molar-refractivity contribution is -0.110. The van der Waals surface area contributed by atoms with Gasteiger partial charge < -0.3 is 10.1 Å². The van der Waals surface area contributed by atoms with Gasteiger partial charge in [0.05, 0.1) is 0 Å². The number of thioether (sulfide) groups is 1. The van der Waals surface area contributed by atoms with Gasteiger partial charge in [-0.3, -0.25) is 4.79 Å². The van der Waals surface area contributed by atoms with Crippen LogP contribution in [0.1, 0.15) is 24.8 Å². The lowest BCUT2D eigenvalue weighted by atomic mass is 9.89. The minimum atomic E-state index is -0.307. The topological polar surface area (TPSA) is 38.3 Å². The number of carbonyl (C=O) groups is 1. The van der Waals surface area contributed by atoms with E-state index >= 15 is 0 Å². The van der Waals surface area contributed by atoms with Crippen LogP contribution in [0.2, 0.25) is 0 Å². The SMILES string of the molecule is CNC1CC(Oc2cc(F)cc(CCC(=O)SC)c2)C1. The molecule has 3 nitrogen and oxygen atoms in total. The Morgan fingerprint density at radius 2 is 2.20 bits per heavy atom. The van der Waals surface area contributed by atoms with Gasteiger partial charge in [-0.25, -0.2) is 4.39 Å². The molecule has 0 amide bonds. The number of ether oxygens (including phenoxy) is 1. The number of rotatable bonds is 6. The van der Waals surface area contributed by atoms with Gasteiger partial charge in [0.15, 0.2) is 5.12 Å². The fraction of sp³-hybridized carbons (Fsp3) is 0.533. The summed E-state index contributed by atoms with van der Waals surface area (Å²) in [6, 6.07) is 5.22. The van der Waals surface area contributed by atoms with E-state index in [0.717, 1.165) is 18.4 Å². The summed E-state index contributed by atoms with van der Waals surface area (Å²) >= 11 is 1.21. The molecule has 5 heteroatoms. The standard InChI is InChI=1S/C15H20FNO2S/c1-17-12-8-14(9-12)19-13-6-10(5-11(16)7-13)3-4-15(18)20-2/h5-7,12,14,17H,3-4,8-9H2,1-2H3. The van der Waals surface area contributed by atoms with Crippen LogP contribution in [-0.2, 0) is 11.2 Å². The summed E-state index contributed by atoms with van der Waals surface area (Å²) in [7, 11) is 1.93. The number of hydrogen-bond donors (Lipinski definition) is 1. The van der Waals surface area contributed by atoms with E-state index in [1.54, 1.807) is 6.26 Å². The fourth-order valence-corrected chi connectivity index (χ4v) is 2.58. The molecule has 1 aromatic carbocycles. The van der Waals surface area contributed by atoms with E-state index in [0.29, 0.717) is 24.6 Å². The van der Waals surface area contributed by atoms with Gasteiger partial charge in [-0.2, -0.15) is 0 Å². The van der Waals surface area contributed by atoms with Crippen molar-refractivity contribution in [3.63, 3.8) is 0 Å². The van der Waals surface area contributed by atoms with E-state index in [9.17, 15) is 9.18 Å². The van der Waals surface area contributed by atoms with Crippen LogP contribution in [0.5, 0.6) is 5.75 Å². The molecule has 0 radical (unpaired) electrons. The second kappa shape index (κ2) is 7.09. The summed E-state index contributed by atoms with van der Waals surface area (Å²) in [5.74, 6) is 0.259. The van der Waals surface area contributed by atoms with Crippen LogP contribution < -0.4 is 10.1 Å². The molecule has 1 fully saturated rings. The predicted molar refractivity (Wildman–Crippen MR) is 79.7 cm³/mol. The second-order valence-electron chi connectivity index (χ2n) is 5.07. The van der Waals surface area contributed by atoms with Crippen molar-refractivity contribution in [2.24, 2.45) is 0 Å². The van der Waals surface area contributed by atoms with Gasteiger partial charge in [0.25, 0.3) is 0 Å². The molecule has 0 bridgehead atoms. The van der Waals surface area contributed by atoms with E-state index < -0.39 is 0 Å². The molecule has 110 valence electrons. The zero-order valence-electron chi connectivity index (χ0n) is 11.8. The van der Waals surface area contributed by atoms with Gasteiger partial charge in [-0.15, -0.1) is 0 Å². The van der Waals surface area contributed by atoms with Gasteiger partial charge in [-0.1, -0.05) is 11.8 Å². The van der Waals surface area contributed by atoms with Gasteiger partial charge in [0.2, 0.25) is 0 Å². The van der Waals surface area contributed by atoms with E-state index in [1.807, 2.05) is 13.1 Å². The highest BCUT2D eigenvalue weighted by molar-refractivity contribution is 8.13. The third-order valence-electron chi connectivity index (χ3n) is 3.58. The summed E-state index contributed by atoms with van der Waals surface area (Å²) in [6.07, 6.45) is 4.81. The Bertz CT molecular complexity index is 475. The van der Waals surface area contributed by atoms with E-state index in [2.05, 4.69) is 5.32 Å². The zero-order chi connectivity index (χ0) is 14.5. The molecule has 2 rings (SSSR count). The van der Waals surface area contributed by atoms with Crippen LogP contribution in [0.15, 0.2) is 18.2 Å². The average molecular weight is 297 g/mol. The van der Waals surface area contributed by atoms with Gasteiger partial charge in [0, 0.05) is 18.5 Å². The van der Waals surface area contributed by atoms with Crippen LogP contribution in [0, 0.1) is 5.82 Å². The monoisotopic (exact) mass is 297 g/mol. The van der Waals surface area contributed by atoms with E-state index in [-0.39, 0.29) is 17.0 Å². The van der Waals surface area contributed by atoms with Gasteiger partial charge >= 0.3 is 0 Å². The number of carbonyl (C=O) groups excluding carboxylic acids is 1. The molecule has 0 aromatic heterocycles. The van der Waals surface area contributed by atoms with Crippen molar-refractivity contribution in [3.05, 3.63) is 29.6 Å². The predicted octanol–water partition coefficient (Wildman–Crippen LogP) is 2.78. The first-order chi connectivity index (χ1) is 9.60. The van der Waals surface area contributed by atoms with Crippen LogP contribution in [0.25, 0.3) is 0 Å². The molecule has 0 atom stereocenters. The minimum absolute atomic E-state index is 0.118. The molecule has 20 heavy (non-hydrogen) atoms. The maximum atomic E-state index is 13.6. The third kappa shape index (κ3) is 4.21. The van der Waals surface area contributed by atoms with Crippen molar-refractivity contribution in [2.45, 2.75) is 37.8 Å². The normalized spacial score (nSPS) is 21.4. The molecule has 0 saturated heterocycles. The molecule has 1 aromatic rings. The van der Waals surface area contributed by atoms with E-state index in [1.165, 1.54) is 23.9 Å². The molecule has 0 heterocycles. The molecular weight excluding hydrogens is 277 g/mol. The van der Waals surface area contributed by atoms with Crippen molar-refractivity contribution >= 4 is 16.9 Å². The Morgan fingerprint density at radius 3 is 2.85 bits per heavy atom. The lowest BCUT2D eigenvalue weighted by Crippen LogP contribution is -2.45. The molecule has 1 saturated carbocycles. The van der Waals surface area contributed by atoms with Crippen molar-refractivity contribution < 1.29 is 13.9 Å². The van der Waals surface area contributed by atoms with Crippen LogP contribution in [-0.4, -0.2) is 30.6 Å². The Morgan fingerprint density at radius 1 is 1.45 bits per heavy atom. The highest BCUT2D eigenvalue weighted by atomic mass is 32.2. The number of aryl methyl sites for hydroxylation is 1. The van der Waals surface area contributed by atoms with Crippen LogP contribution >= 0.6 is 11.8 Å². The Labute approximate surface area is 123 Å². The highest BCUT2D eigenvalue weighted by Gasteiger charge is 2.29. The summed E-state index contributed by atoms with van der Waals surface area (Å²) < 4.78 is 19.3. The summed E-state index contributed by atoms with van der Waals surface area (Å²) in [5, 5.41) is 3.30. The van der Waals surface area contributed by atoms with Crippen molar-refractivity contribution in [3.8, 4) is 5.75 Å². The fourth-order valence-electron chi connectivity index (χ4n) is 2.27. The van der Waals surface area contributed by atoms with Gasteiger partial charge in [-0.05, 0) is 50.3 Å². The maximum Gasteiger partial charge on any atom is 0.189 e. The molecule has 1 aliphatic carbocycles. The molecule has 0 spiro atoms. The Balaban J connectivity index is 1.92. The summed E-state index contributed by atoms with van der Waals surface area (Å²) in [5.41, 5.74) is 0.812. The maximum absolute atomic E-state index is 13.6. The number of hydrogen-bond acceptors (Lipinski definition) is 4. The quantitative estimate of drug-likeness (QED) is 0.876. The zero-order valence-corrected chi connectivity index (χ0v) is 12.6. The summed E-state index contributed by atoms with van der Waals surface area (Å²) in [6.45, 7) is 0. The first-order valence-corrected chi connectivity index (χ1v) is 8.03. The number of nitrogens with one attached hydrogen (secondary N) is 1. The number of halogens is 1. The molecule has 1 N–H and O–H groups in total. The van der Waals surface area contributed by atoms with E-state index in [4.69, 9.17) is 4.74 Å². The van der Waals surface area contributed by atoms with Crippen LogP contribution in [0.4, 0.5) is 4.39 Å². The largest absolute Gasteiger partial charge is 0.490 e. The van der Waals surface area contributed by atoms with Crippen molar-refractivity contribution in [1.82, 2.24) is 5.32 Å². The highest BCUT2D eigenvalue weighted by Crippen LogP contribution is 2.27. The number of benzene rings is 1. The molecule has 0 aliphatic heterocycles. The van der Waals surface area contributed by atoms with Crippen LogP contribution in [0.3, 0.4) is 0 Å². The second-order valence-corrected chi connectivity index (χ2v) is 5.93. The molecule has 0 unspecified atom stereocenters.